The van der Waals surface area contributed by atoms with Crippen LogP contribution in [0.1, 0.15) is 97.0 Å². The molecule has 6 fully saturated rings. The average molecular weight is 610 g/mol. The van der Waals surface area contributed by atoms with Crippen molar-refractivity contribution >= 4 is 23.5 Å². The van der Waals surface area contributed by atoms with Crippen LogP contribution in [0.2, 0.25) is 0 Å². The Bertz CT molecular complexity index is 1240. The molecule has 44 heavy (non-hydrogen) atoms. The third-order valence-corrected chi connectivity index (χ3v) is 11.4. The van der Waals surface area contributed by atoms with Crippen molar-refractivity contribution in [2.45, 2.75) is 103 Å². The largest absolute Gasteiger partial charge is 0.343 e. The lowest BCUT2D eigenvalue weighted by Gasteiger charge is -2.65. The van der Waals surface area contributed by atoms with Gasteiger partial charge in [-0.2, -0.15) is 0 Å². The number of rotatable bonds is 7. The molecule has 2 saturated heterocycles. The molecular formula is C35H52FN5O3. The highest BCUT2D eigenvalue weighted by Crippen LogP contribution is 2.66. The SMILES string of the molecule is CCC(=O)N1CCC(CC(=O)N2CCCN(Cc3ccc(NC(=O)NC45CC6C[C@@](C)(C4)C[C@](C)(C6)C5)c(F)c3)CC2)CC1. The fourth-order valence-corrected chi connectivity index (χ4v) is 10.4. The summed E-state index contributed by atoms with van der Waals surface area (Å²) >= 11 is 0. The van der Waals surface area contributed by atoms with Gasteiger partial charge in [0.15, 0.2) is 0 Å². The molecule has 6 aliphatic rings. The monoisotopic (exact) mass is 609 g/mol. The Hall–Kier alpha value is -2.68. The first-order valence-electron chi connectivity index (χ1n) is 17.1. The van der Waals surface area contributed by atoms with E-state index in [1.807, 2.05) is 22.8 Å². The minimum atomic E-state index is -0.416. The number of nitrogens with zero attached hydrogens (tertiary/aromatic N) is 3. The zero-order chi connectivity index (χ0) is 31.1. The summed E-state index contributed by atoms with van der Waals surface area (Å²) in [4.78, 5) is 44.4. The van der Waals surface area contributed by atoms with Gasteiger partial charge < -0.3 is 20.4 Å². The van der Waals surface area contributed by atoms with E-state index in [2.05, 4.69) is 29.4 Å². The van der Waals surface area contributed by atoms with Crippen LogP contribution >= 0.6 is 0 Å². The molecule has 2 N–H and O–H groups in total. The molecule has 2 heterocycles. The molecule has 0 aromatic heterocycles. The van der Waals surface area contributed by atoms with Crippen LogP contribution in [0.25, 0.3) is 0 Å². The van der Waals surface area contributed by atoms with Crippen LogP contribution in [0.5, 0.6) is 0 Å². The molecule has 4 bridgehead atoms. The maximum atomic E-state index is 15.2. The van der Waals surface area contributed by atoms with Crippen molar-refractivity contribution in [2.24, 2.45) is 22.7 Å². The maximum Gasteiger partial charge on any atom is 0.319 e. The molecule has 8 nitrogen and oxygen atoms in total. The normalized spacial score (nSPS) is 32.4. The number of benzene rings is 1. The fourth-order valence-electron chi connectivity index (χ4n) is 10.4. The van der Waals surface area contributed by atoms with Crippen LogP contribution in [0.4, 0.5) is 14.9 Å². The molecule has 9 heteroatoms. The maximum absolute atomic E-state index is 15.2. The van der Waals surface area contributed by atoms with E-state index in [4.69, 9.17) is 0 Å². The van der Waals surface area contributed by atoms with Gasteiger partial charge in [0.2, 0.25) is 11.8 Å². The van der Waals surface area contributed by atoms with Crippen molar-refractivity contribution in [1.82, 2.24) is 20.0 Å². The summed E-state index contributed by atoms with van der Waals surface area (Å²) in [7, 11) is 0. The van der Waals surface area contributed by atoms with E-state index in [0.29, 0.717) is 48.6 Å². The Morgan fingerprint density at radius 2 is 1.59 bits per heavy atom. The van der Waals surface area contributed by atoms with Gasteiger partial charge in [-0.05, 0) is 98.1 Å². The molecule has 2 aliphatic heterocycles. The number of hydrogen-bond acceptors (Lipinski definition) is 4. The first-order chi connectivity index (χ1) is 20.9. The van der Waals surface area contributed by atoms with Crippen LogP contribution in [0, 0.1) is 28.5 Å². The Morgan fingerprint density at radius 3 is 2.25 bits per heavy atom. The van der Waals surface area contributed by atoms with Gasteiger partial charge in [-0.1, -0.05) is 26.8 Å². The van der Waals surface area contributed by atoms with Gasteiger partial charge in [-0.3, -0.25) is 14.5 Å². The summed E-state index contributed by atoms with van der Waals surface area (Å²) in [6.45, 7) is 11.8. The molecule has 0 spiro atoms. The molecule has 1 aromatic rings. The fraction of sp³-hybridized carbons (Fsp3) is 0.743. The average Bonchev–Trinajstić information content (AvgIpc) is 3.18. The highest BCUT2D eigenvalue weighted by Gasteiger charge is 2.60. The number of hydrogen-bond donors (Lipinski definition) is 2. The topological polar surface area (TPSA) is 85.0 Å². The second kappa shape index (κ2) is 12.3. The molecule has 0 radical (unpaired) electrons. The van der Waals surface area contributed by atoms with Crippen LogP contribution in [-0.2, 0) is 16.1 Å². The predicted molar refractivity (Wildman–Crippen MR) is 169 cm³/mol. The molecule has 4 aliphatic carbocycles. The van der Waals surface area contributed by atoms with Crippen molar-refractivity contribution in [3.8, 4) is 0 Å². The molecule has 4 amide bonds. The van der Waals surface area contributed by atoms with Gasteiger partial charge in [0, 0.05) is 64.2 Å². The smallest absolute Gasteiger partial charge is 0.319 e. The number of anilines is 1. The zero-order valence-corrected chi connectivity index (χ0v) is 27.1. The first kappa shape index (κ1) is 31.3. The van der Waals surface area contributed by atoms with Crippen molar-refractivity contribution in [1.29, 1.82) is 0 Å². The van der Waals surface area contributed by atoms with Gasteiger partial charge in [0.25, 0.3) is 0 Å². The highest BCUT2D eigenvalue weighted by molar-refractivity contribution is 5.90. The summed E-state index contributed by atoms with van der Waals surface area (Å²) in [5.41, 5.74) is 1.48. The quantitative estimate of drug-likeness (QED) is 0.411. The number of piperidine rings is 1. The molecule has 1 aromatic carbocycles. The van der Waals surface area contributed by atoms with E-state index < -0.39 is 5.82 Å². The second-order valence-corrected chi connectivity index (χ2v) is 15.7. The molecular weight excluding hydrogens is 557 g/mol. The first-order valence-corrected chi connectivity index (χ1v) is 17.1. The van der Waals surface area contributed by atoms with E-state index in [9.17, 15) is 14.4 Å². The van der Waals surface area contributed by atoms with Crippen molar-refractivity contribution < 1.29 is 18.8 Å². The lowest BCUT2D eigenvalue weighted by molar-refractivity contribution is -0.134. The van der Waals surface area contributed by atoms with Crippen molar-refractivity contribution in [2.75, 3.05) is 44.6 Å². The van der Waals surface area contributed by atoms with E-state index in [1.54, 1.807) is 6.07 Å². The predicted octanol–water partition coefficient (Wildman–Crippen LogP) is 5.77. The zero-order valence-electron chi connectivity index (χ0n) is 27.1. The van der Waals surface area contributed by atoms with Crippen LogP contribution in [0.15, 0.2) is 18.2 Å². The molecule has 4 saturated carbocycles. The van der Waals surface area contributed by atoms with E-state index in [0.717, 1.165) is 76.8 Å². The molecule has 4 atom stereocenters. The van der Waals surface area contributed by atoms with Gasteiger partial charge in [0.1, 0.15) is 5.82 Å². The van der Waals surface area contributed by atoms with Gasteiger partial charge in [0.05, 0.1) is 5.69 Å². The Morgan fingerprint density at radius 1 is 0.886 bits per heavy atom. The third kappa shape index (κ3) is 6.92. The van der Waals surface area contributed by atoms with E-state index in [1.165, 1.54) is 25.3 Å². The Labute approximate surface area is 262 Å². The lowest BCUT2D eigenvalue weighted by Crippen LogP contribution is -2.65. The van der Waals surface area contributed by atoms with Crippen LogP contribution in [-0.4, -0.2) is 77.4 Å². The second-order valence-electron chi connectivity index (χ2n) is 15.7. The summed E-state index contributed by atoms with van der Waals surface area (Å²) < 4.78 is 15.2. The molecule has 242 valence electrons. The minimum Gasteiger partial charge on any atom is -0.343 e. The summed E-state index contributed by atoms with van der Waals surface area (Å²) in [5.74, 6) is 1.02. The Balaban J connectivity index is 0.970. The number of halogens is 1. The van der Waals surface area contributed by atoms with Crippen LogP contribution in [0.3, 0.4) is 0 Å². The summed E-state index contributed by atoms with van der Waals surface area (Å²) in [6.07, 6.45) is 10.6. The van der Waals surface area contributed by atoms with Crippen molar-refractivity contribution in [3.63, 3.8) is 0 Å². The van der Waals surface area contributed by atoms with Gasteiger partial charge in [-0.15, -0.1) is 0 Å². The summed E-state index contributed by atoms with van der Waals surface area (Å²) in [6, 6.07) is 4.81. The number of urea groups is 1. The summed E-state index contributed by atoms with van der Waals surface area (Å²) in [5, 5.41) is 6.12. The molecule has 7 rings (SSSR count). The standard InChI is InChI=1S/C35H52FN5O3/c1-4-30(42)41-12-8-25(9-13-41)17-31(43)40-11-5-10-39(14-15-40)21-26-6-7-29(28(36)16-26)37-32(44)38-35-20-27-18-33(2,23-35)22-34(3,19-27)24-35/h6-7,16,25,27H,4-5,8-15,17-24H2,1-3H3,(H2,37,38,44)/t27?,33-,34+,35?. The number of amides is 4. The van der Waals surface area contributed by atoms with Crippen molar-refractivity contribution in [3.05, 3.63) is 29.6 Å². The minimum absolute atomic E-state index is 0.182. The van der Waals surface area contributed by atoms with E-state index in [-0.39, 0.29) is 29.1 Å². The van der Waals surface area contributed by atoms with Crippen LogP contribution < -0.4 is 10.6 Å². The Kier molecular flexibility index (Phi) is 8.72. The lowest BCUT2D eigenvalue weighted by atomic mass is 9.43. The van der Waals surface area contributed by atoms with Gasteiger partial charge >= 0.3 is 6.03 Å². The van der Waals surface area contributed by atoms with Gasteiger partial charge in [-0.25, -0.2) is 9.18 Å². The molecule has 2 unspecified atom stereocenters. The third-order valence-electron chi connectivity index (χ3n) is 11.4. The number of carbonyl (C=O) groups excluding carboxylic acids is 3. The highest BCUT2D eigenvalue weighted by atomic mass is 19.1. The number of likely N-dealkylation sites (tertiary alicyclic amines) is 1. The number of carbonyl (C=O) groups is 3. The van der Waals surface area contributed by atoms with E-state index >= 15 is 4.39 Å². The number of nitrogens with one attached hydrogen (secondary N) is 2.